The van der Waals surface area contributed by atoms with Crippen LogP contribution in [0.1, 0.15) is 5.56 Å². The van der Waals surface area contributed by atoms with Gasteiger partial charge in [-0.3, -0.25) is 0 Å². The van der Waals surface area contributed by atoms with Crippen molar-refractivity contribution in [3.63, 3.8) is 0 Å². The number of hydrogen-bond acceptors (Lipinski definition) is 0. The van der Waals surface area contributed by atoms with Crippen molar-refractivity contribution in [3.8, 4) is 0 Å². The van der Waals surface area contributed by atoms with Gasteiger partial charge in [-0.2, -0.15) is 0 Å². The van der Waals surface area contributed by atoms with Gasteiger partial charge in [0.2, 0.25) is 0 Å². The largest absolute Gasteiger partial charge is 0.205 e. The molecule has 0 N–H and O–H groups in total. The van der Waals surface area contributed by atoms with Gasteiger partial charge in [-0.15, -0.1) is 11.6 Å². The highest BCUT2D eigenvalue weighted by atomic mass is 127. The van der Waals surface area contributed by atoms with Crippen molar-refractivity contribution in [2.75, 3.05) is 0 Å². The number of halogens is 4. The summed E-state index contributed by atoms with van der Waals surface area (Å²) in [6.07, 6.45) is 0. The summed E-state index contributed by atoms with van der Waals surface area (Å²) < 4.78 is 13.6. The number of hydrogen-bond donors (Lipinski definition) is 0. The first-order valence-corrected chi connectivity index (χ1v) is 4.83. The third-order valence-electron chi connectivity index (χ3n) is 1.23. The van der Waals surface area contributed by atoms with Crippen LogP contribution in [0.15, 0.2) is 12.1 Å². The fourth-order valence-electron chi connectivity index (χ4n) is 0.666. The zero-order valence-electron chi connectivity index (χ0n) is 5.37. The van der Waals surface area contributed by atoms with Crippen molar-refractivity contribution in [1.82, 2.24) is 0 Å². The highest BCUT2D eigenvalue weighted by Gasteiger charge is 2.04. The Bertz CT molecular complexity index is 275. The van der Waals surface area contributed by atoms with Gasteiger partial charge in [-0.05, 0) is 40.3 Å². The molecule has 0 fully saturated rings. The highest BCUT2D eigenvalue weighted by Crippen LogP contribution is 2.22. The molecule has 0 unspecified atom stereocenters. The molecule has 0 amide bonds. The van der Waals surface area contributed by atoms with Crippen LogP contribution in [0, 0.1) is 9.39 Å². The molecule has 0 aromatic heterocycles. The van der Waals surface area contributed by atoms with Gasteiger partial charge in [-0.25, -0.2) is 4.39 Å². The van der Waals surface area contributed by atoms with Crippen molar-refractivity contribution >= 4 is 45.8 Å². The zero-order chi connectivity index (χ0) is 8.43. The van der Waals surface area contributed by atoms with Gasteiger partial charge < -0.3 is 0 Å². The number of benzene rings is 1. The van der Waals surface area contributed by atoms with Crippen molar-refractivity contribution < 1.29 is 4.39 Å². The van der Waals surface area contributed by atoms with Crippen LogP contribution in [0.5, 0.6) is 0 Å². The van der Waals surface area contributed by atoms with Crippen molar-refractivity contribution in [2.45, 2.75) is 5.88 Å². The van der Waals surface area contributed by atoms with Gasteiger partial charge in [0.25, 0.3) is 0 Å². The highest BCUT2D eigenvalue weighted by molar-refractivity contribution is 14.1. The van der Waals surface area contributed by atoms with E-state index in [0.717, 1.165) is 9.13 Å². The summed E-state index contributed by atoms with van der Waals surface area (Å²) in [5, 5.41) is 0.142. The molecule has 0 atom stereocenters. The molecule has 4 heteroatoms. The van der Waals surface area contributed by atoms with Gasteiger partial charge in [0.1, 0.15) is 5.82 Å². The van der Waals surface area contributed by atoms with Crippen LogP contribution >= 0.6 is 45.8 Å². The molecule has 0 aliphatic carbocycles. The first-order valence-electron chi connectivity index (χ1n) is 2.84. The smallest absolute Gasteiger partial charge is 0.142 e. The van der Waals surface area contributed by atoms with E-state index in [1.54, 1.807) is 6.07 Å². The average Bonchev–Trinajstić information content (AvgIpc) is 1.97. The molecule has 60 valence electrons. The average molecular weight is 305 g/mol. The fraction of sp³-hybridized carbons (Fsp3) is 0.143. The van der Waals surface area contributed by atoms with Gasteiger partial charge in [0, 0.05) is 9.45 Å². The SMILES string of the molecule is Fc1cc(CCl)c(I)cc1Cl. The minimum atomic E-state index is -0.414. The Morgan fingerprint density at radius 3 is 2.64 bits per heavy atom. The summed E-state index contributed by atoms with van der Waals surface area (Å²) in [4.78, 5) is 0. The van der Waals surface area contributed by atoms with E-state index in [2.05, 4.69) is 22.6 Å². The molecule has 1 aromatic rings. The second-order valence-corrected chi connectivity index (χ2v) is 3.83. The maximum atomic E-state index is 12.8. The van der Waals surface area contributed by atoms with Crippen LogP contribution in [0.3, 0.4) is 0 Å². The Morgan fingerprint density at radius 2 is 2.09 bits per heavy atom. The van der Waals surface area contributed by atoms with Gasteiger partial charge in [0.15, 0.2) is 0 Å². The summed E-state index contributed by atoms with van der Waals surface area (Å²) >= 11 is 13.1. The normalized spacial score (nSPS) is 10.2. The Hall–Kier alpha value is 0.460. The lowest BCUT2D eigenvalue weighted by Crippen LogP contribution is -1.87. The van der Waals surface area contributed by atoms with Gasteiger partial charge in [0.05, 0.1) is 5.02 Å². The first kappa shape index (κ1) is 9.55. The maximum Gasteiger partial charge on any atom is 0.142 e. The molecule has 0 aliphatic heterocycles. The molecule has 0 saturated heterocycles. The summed E-state index contributed by atoms with van der Waals surface area (Å²) in [6, 6.07) is 2.92. The lowest BCUT2D eigenvalue weighted by molar-refractivity contribution is 0.626. The second kappa shape index (κ2) is 3.92. The summed E-state index contributed by atoms with van der Waals surface area (Å²) in [5.74, 6) is -0.102. The van der Waals surface area contributed by atoms with Crippen LogP contribution < -0.4 is 0 Å². The zero-order valence-corrected chi connectivity index (χ0v) is 9.04. The molecule has 0 radical (unpaired) electrons. The second-order valence-electron chi connectivity index (χ2n) is 1.99. The van der Waals surface area contributed by atoms with Crippen LogP contribution in [-0.2, 0) is 5.88 Å². The standard InChI is InChI=1S/C7H4Cl2FI/c8-3-4-1-6(10)5(9)2-7(4)11/h1-2H,3H2. The first-order chi connectivity index (χ1) is 5.15. The molecule has 1 rings (SSSR count). The molecule has 0 aliphatic rings. The molecule has 0 heterocycles. The minimum absolute atomic E-state index is 0.142. The van der Waals surface area contributed by atoms with E-state index in [0.29, 0.717) is 5.88 Å². The summed E-state index contributed by atoms with van der Waals surface area (Å²) in [7, 11) is 0. The van der Waals surface area contributed by atoms with Gasteiger partial charge >= 0.3 is 0 Å². The summed E-state index contributed by atoms with van der Waals surface area (Å²) in [6.45, 7) is 0. The molecular weight excluding hydrogens is 301 g/mol. The lowest BCUT2D eigenvalue weighted by Gasteiger charge is -2.00. The van der Waals surface area contributed by atoms with Crippen molar-refractivity contribution in [1.29, 1.82) is 0 Å². The maximum absolute atomic E-state index is 12.8. The van der Waals surface area contributed by atoms with E-state index in [9.17, 15) is 4.39 Å². The van der Waals surface area contributed by atoms with Gasteiger partial charge in [-0.1, -0.05) is 11.6 Å². The van der Waals surface area contributed by atoms with Crippen LogP contribution in [0.2, 0.25) is 5.02 Å². The topological polar surface area (TPSA) is 0 Å². The third-order valence-corrected chi connectivity index (χ3v) is 2.82. The number of rotatable bonds is 1. The van der Waals surface area contributed by atoms with Crippen LogP contribution in [0.25, 0.3) is 0 Å². The molecule has 0 spiro atoms. The lowest BCUT2D eigenvalue weighted by atomic mass is 10.2. The Labute approximate surface area is 87.8 Å². The van der Waals surface area contributed by atoms with E-state index in [1.165, 1.54) is 6.07 Å². The van der Waals surface area contributed by atoms with Crippen molar-refractivity contribution in [3.05, 3.63) is 32.1 Å². The van der Waals surface area contributed by atoms with E-state index >= 15 is 0 Å². The predicted molar refractivity (Wildman–Crippen MR) is 53.7 cm³/mol. The van der Waals surface area contributed by atoms with E-state index in [1.807, 2.05) is 0 Å². The quantitative estimate of drug-likeness (QED) is 0.420. The molecule has 0 saturated carbocycles. The van der Waals surface area contributed by atoms with Crippen molar-refractivity contribution in [2.24, 2.45) is 0 Å². The molecular formula is C7H4Cl2FI. The summed E-state index contributed by atoms with van der Waals surface area (Å²) in [5.41, 5.74) is 0.772. The fourth-order valence-corrected chi connectivity index (χ4v) is 2.12. The Kier molecular flexibility index (Phi) is 3.40. The Morgan fingerprint density at radius 1 is 1.45 bits per heavy atom. The van der Waals surface area contributed by atoms with Crippen LogP contribution in [0.4, 0.5) is 4.39 Å². The van der Waals surface area contributed by atoms with E-state index in [4.69, 9.17) is 23.2 Å². The predicted octanol–water partition coefficient (Wildman–Crippen LogP) is 3.82. The molecule has 1 aromatic carbocycles. The monoisotopic (exact) mass is 304 g/mol. The molecule has 0 bridgehead atoms. The molecule has 0 nitrogen and oxygen atoms in total. The van der Waals surface area contributed by atoms with E-state index in [-0.39, 0.29) is 5.02 Å². The molecule has 11 heavy (non-hydrogen) atoms. The minimum Gasteiger partial charge on any atom is -0.205 e. The number of alkyl halides is 1. The Balaban J connectivity index is 3.21. The van der Waals surface area contributed by atoms with E-state index < -0.39 is 5.82 Å². The van der Waals surface area contributed by atoms with Crippen LogP contribution in [-0.4, -0.2) is 0 Å². The third kappa shape index (κ3) is 2.20.